The lowest BCUT2D eigenvalue weighted by atomic mass is 9.85. The number of benzene rings is 12. The van der Waals surface area contributed by atoms with Crippen molar-refractivity contribution in [1.82, 2.24) is 13.7 Å². The number of aryl methyl sites for hydroxylation is 3. The maximum atomic E-state index is 2.38. The summed E-state index contributed by atoms with van der Waals surface area (Å²) < 4.78 is 6.90. The fraction of sp³-hybridized carbons (Fsp3) is 0.139. The Balaban J connectivity index is 0.000000119. The van der Waals surface area contributed by atoms with Gasteiger partial charge in [0.1, 0.15) is 0 Å². The second-order valence-electron chi connectivity index (χ2n) is 24.4. The summed E-state index contributed by atoms with van der Waals surface area (Å²) in [5, 5.41) is 13.1. The van der Waals surface area contributed by atoms with E-state index in [4.69, 9.17) is 0 Å². The van der Waals surface area contributed by atoms with E-state index in [1.165, 1.54) is 143 Å². The highest BCUT2D eigenvalue weighted by molar-refractivity contribution is 6.13. The number of rotatable bonds is 4. The SMILES string of the molecule is Cn1c2ccc(-c3cccc4ccccc34)cc2c2cc(-c3cccc4ccccc34)ccc21.Cn1c2ccc(-c3ccccc3)cc2c2cc(-c3ccccc3)ccc21.Cn1c2ccc(C(C)(C)C)cc2c2cc(C(C)(C)C)ccc21. The van der Waals surface area contributed by atoms with Crippen LogP contribution in [0.4, 0.5) is 0 Å². The third-order valence-electron chi connectivity index (χ3n) is 17.2. The zero-order valence-corrected chi connectivity index (χ0v) is 48.6. The van der Waals surface area contributed by atoms with Gasteiger partial charge in [0, 0.05) is 86.6 Å². The predicted octanol–water partition coefficient (Wildman–Crippen LogP) is 21.6. The molecule has 0 radical (unpaired) electrons. The van der Waals surface area contributed by atoms with E-state index in [0.29, 0.717) is 0 Å². The standard InChI is InChI=1S/C33H23N.C25H19N.C21H27N/c1-34-32-18-16-24(28-14-6-10-22-8-2-4-12-26(22)28)20-30(32)31-21-25(17-19-33(31)34)29-15-7-11-23-9-3-5-13-27(23)29;1-26-24-14-12-20(18-8-4-2-5-9-18)16-22(24)23-17-21(13-15-25(23)26)19-10-6-3-7-11-19;1-20(2,3)14-8-10-18-16(12-14)17-13-15(21(4,5)6)9-11-19(17)22(18)7/h2-21H,1H3;2-17H,1H3;8-13H,1-7H3. The number of nitrogens with zero attached hydrogens (tertiary/aromatic N) is 3. The Hall–Kier alpha value is -9.44. The van der Waals surface area contributed by atoms with Crippen LogP contribution in [0.5, 0.6) is 0 Å². The lowest BCUT2D eigenvalue weighted by Gasteiger charge is -2.19. The third-order valence-corrected chi connectivity index (χ3v) is 17.2. The van der Waals surface area contributed by atoms with Gasteiger partial charge in [-0.2, -0.15) is 0 Å². The highest BCUT2D eigenvalue weighted by Crippen LogP contribution is 2.40. The van der Waals surface area contributed by atoms with Crippen molar-refractivity contribution in [3.8, 4) is 44.5 Å². The van der Waals surface area contributed by atoms with Crippen molar-refractivity contribution in [2.45, 2.75) is 52.4 Å². The lowest BCUT2D eigenvalue weighted by molar-refractivity contribution is 0.590. The molecule has 12 aromatic carbocycles. The molecule has 400 valence electrons. The van der Waals surface area contributed by atoms with E-state index in [1.807, 2.05) is 0 Å². The van der Waals surface area contributed by atoms with Crippen molar-refractivity contribution in [3.05, 3.63) is 266 Å². The van der Waals surface area contributed by atoms with Gasteiger partial charge in [-0.25, -0.2) is 0 Å². The molecule has 0 saturated carbocycles. The minimum Gasteiger partial charge on any atom is -0.344 e. The molecular weight excluding hydrogens is 991 g/mol. The molecule has 3 aromatic heterocycles. The molecule has 0 aliphatic heterocycles. The Kier molecular flexibility index (Phi) is 13.0. The van der Waals surface area contributed by atoms with Crippen molar-refractivity contribution in [3.63, 3.8) is 0 Å². The summed E-state index contributed by atoms with van der Waals surface area (Å²) in [5.41, 5.74) is 20.9. The first-order valence-electron chi connectivity index (χ1n) is 28.8. The number of hydrogen-bond acceptors (Lipinski definition) is 0. The van der Waals surface area contributed by atoms with Gasteiger partial charge in [-0.3, -0.25) is 0 Å². The Morgan fingerprint density at radius 3 is 0.854 bits per heavy atom. The van der Waals surface area contributed by atoms with Crippen molar-refractivity contribution < 1.29 is 0 Å². The molecule has 3 heterocycles. The summed E-state index contributed by atoms with van der Waals surface area (Å²) in [7, 11) is 6.48. The second-order valence-corrected chi connectivity index (χ2v) is 24.4. The summed E-state index contributed by atoms with van der Waals surface area (Å²) in [6.07, 6.45) is 0. The molecule has 0 aliphatic rings. The van der Waals surface area contributed by atoms with Crippen molar-refractivity contribution >= 4 is 87.0 Å². The number of fused-ring (bicyclic) bond motifs is 11. The van der Waals surface area contributed by atoms with Gasteiger partial charge in [-0.05, 0) is 161 Å². The quantitative estimate of drug-likeness (QED) is 0.167. The molecule has 0 atom stereocenters. The highest BCUT2D eigenvalue weighted by Gasteiger charge is 2.20. The van der Waals surface area contributed by atoms with Gasteiger partial charge in [-0.1, -0.05) is 224 Å². The van der Waals surface area contributed by atoms with E-state index >= 15 is 0 Å². The zero-order chi connectivity index (χ0) is 56.4. The van der Waals surface area contributed by atoms with Crippen LogP contribution in [-0.4, -0.2) is 13.7 Å². The molecule has 0 saturated heterocycles. The maximum absolute atomic E-state index is 2.38. The van der Waals surface area contributed by atoms with Gasteiger partial charge in [0.15, 0.2) is 0 Å². The van der Waals surface area contributed by atoms with Gasteiger partial charge in [0.25, 0.3) is 0 Å². The van der Waals surface area contributed by atoms with E-state index < -0.39 is 0 Å². The molecule has 0 aliphatic carbocycles. The van der Waals surface area contributed by atoms with Crippen LogP contribution in [0.1, 0.15) is 52.7 Å². The van der Waals surface area contributed by atoms with Crippen LogP contribution < -0.4 is 0 Å². The predicted molar refractivity (Wildman–Crippen MR) is 355 cm³/mol. The topological polar surface area (TPSA) is 14.8 Å². The van der Waals surface area contributed by atoms with Gasteiger partial charge in [0.2, 0.25) is 0 Å². The first kappa shape index (κ1) is 52.0. The van der Waals surface area contributed by atoms with E-state index in [9.17, 15) is 0 Å². The smallest absolute Gasteiger partial charge is 0.0489 e. The number of aromatic nitrogens is 3. The van der Waals surface area contributed by atoms with Crippen LogP contribution in [0.15, 0.2) is 255 Å². The molecule has 0 N–H and O–H groups in total. The molecule has 0 fully saturated rings. The molecule has 0 unspecified atom stereocenters. The Bertz CT molecular complexity index is 4580. The molecule has 0 amide bonds. The van der Waals surface area contributed by atoms with Crippen LogP contribution in [0.3, 0.4) is 0 Å². The van der Waals surface area contributed by atoms with E-state index in [2.05, 4.69) is 331 Å². The van der Waals surface area contributed by atoms with Crippen LogP contribution in [-0.2, 0) is 32.0 Å². The minimum atomic E-state index is 0.179. The summed E-state index contributed by atoms with van der Waals surface area (Å²) in [4.78, 5) is 0. The minimum absolute atomic E-state index is 0.179. The number of hydrogen-bond donors (Lipinski definition) is 0. The van der Waals surface area contributed by atoms with Crippen LogP contribution in [0, 0.1) is 0 Å². The zero-order valence-electron chi connectivity index (χ0n) is 48.6. The molecule has 15 aromatic rings. The van der Waals surface area contributed by atoms with E-state index in [0.717, 1.165) is 0 Å². The fourth-order valence-electron chi connectivity index (χ4n) is 12.5. The van der Waals surface area contributed by atoms with Crippen LogP contribution in [0.2, 0.25) is 0 Å². The molecule has 82 heavy (non-hydrogen) atoms. The Morgan fingerprint density at radius 1 is 0.220 bits per heavy atom. The van der Waals surface area contributed by atoms with Gasteiger partial charge < -0.3 is 13.7 Å². The van der Waals surface area contributed by atoms with Gasteiger partial charge in [-0.15, -0.1) is 0 Å². The first-order chi connectivity index (χ1) is 39.7. The fourth-order valence-corrected chi connectivity index (χ4v) is 12.5. The first-order valence-corrected chi connectivity index (χ1v) is 28.8. The molecule has 15 rings (SSSR count). The normalized spacial score (nSPS) is 12.0. The average Bonchev–Trinajstić information content (AvgIpc) is 4.10. The molecule has 0 spiro atoms. The Labute approximate surface area is 482 Å². The average molecular weight is 1060 g/mol. The highest BCUT2D eigenvalue weighted by atomic mass is 14.9. The van der Waals surface area contributed by atoms with Crippen molar-refractivity contribution in [2.24, 2.45) is 21.1 Å². The summed E-state index contributed by atoms with van der Waals surface area (Å²) >= 11 is 0. The molecule has 3 heteroatoms. The van der Waals surface area contributed by atoms with Gasteiger partial charge in [0.05, 0.1) is 0 Å². The van der Waals surface area contributed by atoms with Crippen molar-refractivity contribution in [2.75, 3.05) is 0 Å². The lowest BCUT2D eigenvalue weighted by Crippen LogP contribution is -2.10. The monoisotopic (exact) mass is 1060 g/mol. The second kappa shape index (κ2) is 20.6. The van der Waals surface area contributed by atoms with E-state index in [1.54, 1.807) is 0 Å². The summed E-state index contributed by atoms with van der Waals surface area (Å²) in [6.45, 7) is 13.7. The maximum Gasteiger partial charge on any atom is 0.0489 e. The van der Waals surface area contributed by atoms with Crippen molar-refractivity contribution in [1.29, 1.82) is 0 Å². The van der Waals surface area contributed by atoms with Crippen LogP contribution >= 0.6 is 0 Å². The summed E-state index contributed by atoms with van der Waals surface area (Å²) in [5.74, 6) is 0. The molecule has 3 nitrogen and oxygen atoms in total. The molecule has 0 bridgehead atoms. The van der Waals surface area contributed by atoms with Gasteiger partial charge >= 0.3 is 0 Å². The van der Waals surface area contributed by atoms with Crippen LogP contribution in [0.25, 0.3) is 131 Å². The third kappa shape index (κ3) is 9.40. The summed E-state index contributed by atoms with van der Waals surface area (Å²) in [6, 6.07) is 92.8. The Morgan fingerprint density at radius 2 is 0.500 bits per heavy atom. The van der Waals surface area contributed by atoms with E-state index in [-0.39, 0.29) is 10.8 Å². The molecular formula is C79H69N3. The largest absolute Gasteiger partial charge is 0.344 e.